The smallest absolute Gasteiger partial charge is 0.122 e. The standard InChI is InChI=1S/C15H15ClSi/c1-11-7-8-14(12(2)9-11)17-15-6-4-3-5-13(15)10-16/h3-9H,10H2,1-2H3. The van der Waals surface area contributed by atoms with Gasteiger partial charge in [-0.2, -0.15) is 0 Å². The third kappa shape index (κ3) is 2.99. The lowest BCUT2D eigenvalue weighted by molar-refractivity contribution is 1.41. The van der Waals surface area contributed by atoms with Gasteiger partial charge in [0.1, 0.15) is 9.52 Å². The Balaban J connectivity index is 2.31. The van der Waals surface area contributed by atoms with Crippen LogP contribution in [-0.4, -0.2) is 9.52 Å². The van der Waals surface area contributed by atoms with Gasteiger partial charge >= 0.3 is 0 Å². The molecule has 2 rings (SSSR count). The molecule has 2 radical (unpaired) electrons. The number of hydrogen-bond acceptors (Lipinski definition) is 0. The monoisotopic (exact) mass is 258 g/mol. The van der Waals surface area contributed by atoms with Crippen molar-refractivity contribution in [3.05, 3.63) is 59.2 Å². The SMILES string of the molecule is Cc1ccc([Si]c2ccccc2CCl)c(C)c1. The van der Waals surface area contributed by atoms with Crippen molar-refractivity contribution in [2.24, 2.45) is 0 Å². The topological polar surface area (TPSA) is 0 Å². The predicted molar refractivity (Wildman–Crippen MR) is 76.9 cm³/mol. The maximum Gasteiger partial charge on any atom is 0.122 e. The van der Waals surface area contributed by atoms with Gasteiger partial charge in [0, 0.05) is 5.88 Å². The van der Waals surface area contributed by atoms with Crippen LogP contribution in [0.15, 0.2) is 42.5 Å². The highest BCUT2D eigenvalue weighted by Gasteiger charge is 2.05. The molecular weight excluding hydrogens is 244 g/mol. The summed E-state index contributed by atoms with van der Waals surface area (Å²) in [6.45, 7) is 4.31. The zero-order valence-corrected chi connectivity index (χ0v) is 11.9. The third-order valence-electron chi connectivity index (χ3n) is 2.81. The van der Waals surface area contributed by atoms with E-state index < -0.39 is 0 Å². The minimum absolute atomic E-state index is 0.591. The number of rotatable bonds is 3. The summed E-state index contributed by atoms with van der Waals surface area (Å²) in [6.07, 6.45) is 0. The van der Waals surface area contributed by atoms with Crippen LogP contribution in [0, 0.1) is 13.8 Å². The maximum absolute atomic E-state index is 5.97. The van der Waals surface area contributed by atoms with Crippen LogP contribution in [0.3, 0.4) is 0 Å². The van der Waals surface area contributed by atoms with Gasteiger partial charge in [-0.3, -0.25) is 0 Å². The molecule has 0 heterocycles. The molecule has 0 bridgehead atoms. The number of benzene rings is 2. The molecule has 0 amide bonds. The Morgan fingerprint density at radius 2 is 1.76 bits per heavy atom. The molecule has 0 fully saturated rings. The van der Waals surface area contributed by atoms with Crippen LogP contribution in [0.5, 0.6) is 0 Å². The van der Waals surface area contributed by atoms with Crippen LogP contribution in [0.2, 0.25) is 0 Å². The van der Waals surface area contributed by atoms with Gasteiger partial charge in [-0.1, -0.05) is 64.0 Å². The Morgan fingerprint density at radius 3 is 2.47 bits per heavy atom. The Kier molecular flexibility index (Phi) is 4.03. The van der Waals surface area contributed by atoms with Crippen molar-refractivity contribution in [1.82, 2.24) is 0 Å². The largest absolute Gasteiger partial charge is 0.122 e. The molecule has 0 atom stereocenters. The highest BCUT2D eigenvalue weighted by Crippen LogP contribution is 2.02. The fraction of sp³-hybridized carbons (Fsp3) is 0.200. The Morgan fingerprint density at radius 1 is 1.00 bits per heavy atom. The van der Waals surface area contributed by atoms with Crippen molar-refractivity contribution in [1.29, 1.82) is 0 Å². The first-order valence-electron chi connectivity index (χ1n) is 5.69. The lowest BCUT2D eigenvalue weighted by Gasteiger charge is -2.09. The van der Waals surface area contributed by atoms with E-state index >= 15 is 0 Å². The van der Waals surface area contributed by atoms with Gasteiger partial charge in [-0.15, -0.1) is 11.6 Å². The molecular formula is C15H15ClSi. The summed E-state index contributed by atoms with van der Waals surface area (Å²) < 4.78 is 0. The molecule has 2 heteroatoms. The van der Waals surface area contributed by atoms with Crippen molar-refractivity contribution in [2.75, 3.05) is 0 Å². The Labute approximate surface area is 110 Å². The average molecular weight is 259 g/mol. The lowest BCUT2D eigenvalue weighted by atomic mass is 10.2. The first-order chi connectivity index (χ1) is 8.20. The minimum Gasteiger partial charge on any atom is -0.122 e. The fourth-order valence-corrected chi connectivity index (χ4v) is 3.44. The number of alkyl halides is 1. The Bertz CT molecular complexity index is 520. The molecule has 0 saturated carbocycles. The average Bonchev–Trinajstić information content (AvgIpc) is 2.33. The number of halogens is 1. The molecule has 2 aromatic rings. The number of aryl methyl sites for hydroxylation is 2. The molecule has 0 spiro atoms. The van der Waals surface area contributed by atoms with Gasteiger partial charge in [-0.05, 0) is 19.4 Å². The van der Waals surface area contributed by atoms with Crippen molar-refractivity contribution >= 4 is 31.5 Å². The molecule has 2 aromatic carbocycles. The highest BCUT2D eigenvalue weighted by atomic mass is 35.5. The van der Waals surface area contributed by atoms with E-state index in [4.69, 9.17) is 11.6 Å². The second-order valence-corrected chi connectivity index (χ2v) is 5.83. The van der Waals surface area contributed by atoms with E-state index in [2.05, 4.69) is 50.2 Å². The molecule has 86 valence electrons. The van der Waals surface area contributed by atoms with E-state index in [1.54, 1.807) is 0 Å². The molecule has 0 aliphatic heterocycles. The van der Waals surface area contributed by atoms with Gasteiger partial charge < -0.3 is 0 Å². The summed E-state index contributed by atoms with van der Waals surface area (Å²) >= 11 is 5.97. The van der Waals surface area contributed by atoms with E-state index in [9.17, 15) is 0 Å². The first kappa shape index (κ1) is 12.4. The summed E-state index contributed by atoms with van der Waals surface area (Å²) in [7, 11) is 0.693. The molecule has 0 aromatic heterocycles. The van der Waals surface area contributed by atoms with E-state index in [1.807, 2.05) is 6.07 Å². The van der Waals surface area contributed by atoms with Crippen molar-refractivity contribution in [3.63, 3.8) is 0 Å². The molecule has 0 aliphatic carbocycles. The zero-order valence-electron chi connectivity index (χ0n) is 10.1. The summed E-state index contributed by atoms with van der Waals surface area (Å²) in [4.78, 5) is 0. The van der Waals surface area contributed by atoms with E-state index in [-0.39, 0.29) is 0 Å². The van der Waals surface area contributed by atoms with Crippen molar-refractivity contribution in [2.45, 2.75) is 19.7 Å². The van der Waals surface area contributed by atoms with Gasteiger partial charge in [-0.25, -0.2) is 0 Å². The van der Waals surface area contributed by atoms with Gasteiger partial charge in [0.2, 0.25) is 0 Å². The molecule has 0 unspecified atom stereocenters. The predicted octanol–water partition coefficient (Wildman–Crippen LogP) is 2.70. The first-order valence-corrected chi connectivity index (χ1v) is 7.22. The normalized spacial score (nSPS) is 10.5. The lowest BCUT2D eigenvalue weighted by Crippen LogP contribution is -2.31. The van der Waals surface area contributed by atoms with Gasteiger partial charge in [0.15, 0.2) is 0 Å². The van der Waals surface area contributed by atoms with E-state index in [1.165, 1.54) is 27.1 Å². The summed E-state index contributed by atoms with van der Waals surface area (Å²) in [6, 6.07) is 15.1. The summed E-state index contributed by atoms with van der Waals surface area (Å²) in [5, 5.41) is 2.77. The number of hydrogen-bond donors (Lipinski definition) is 0. The molecule has 0 nitrogen and oxygen atoms in total. The van der Waals surface area contributed by atoms with Gasteiger partial charge in [0.25, 0.3) is 0 Å². The quantitative estimate of drug-likeness (QED) is 0.587. The maximum atomic E-state index is 5.97. The summed E-state index contributed by atoms with van der Waals surface area (Å²) in [5.74, 6) is 0.591. The Hall–Kier alpha value is -1.05. The molecule has 0 saturated heterocycles. The second-order valence-electron chi connectivity index (χ2n) is 4.23. The zero-order chi connectivity index (χ0) is 12.3. The van der Waals surface area contributed by atoms with Crippen LogP contribution in [0.1, 0.15) is 16.7 Å². The molecule has 0 aliphatic rings. The van der Waals surface area contributed by atoms with Crippen LogP contribution >= 0.6 is 11.6 Å². The van der Waals surface area contributed by atoms with Crippen molar-refractivity contribution < 1.29 is 0 Å². The fourth-order valence-electron chi connectivity index (χ4n) is 1.86. The molecule has 0 N–H and O–H groups in total. The van der Waals surface area contributed by atoms with Gasteiger partial charge in [0.05, 0.1) is 0 Å². The summed E-state index contributed by atoms with van der Waals surface area (Å²) in [5.41, 5.74) is 3.93. The minimum atomic E-state index is 0.591. The van der Waals surface area contributed by atoms with E-state index in [0.717, 1.165) is 0 Å². The third-order valence-corrected chi connectivity index (χ3v) is 4.69. The van der Waals surface area contributed by atoms with Crippen LogP contribution < -0.4 is 10.4 Å². The highest BCUT2D eigenvalue weighted by molar-refractivity contribution is 6.68. The van der Waals surface area contributed by atoms with E-state index in [0.29, 0.717) is 15.4 Å². The van der Waals surface area contributed by atoms with Crippen LogP contribution in [0.4, 0.5) is 0 Å². The van der Waals surface area contributed by atoms with Crippen LogP contribution in [-0.2, 0) is 5.88 Å². The second kappa shape index (κ2) is 5.52. The van der Waals surface area contributed by atoms with Crippen LogP contribution in [0.25, 0.3) is 0 Å². The molecule has 17 heavy (non-hydrogen) atoms. The van der Waals surface area contributed by atoms with Crippen molar-refractivity contribution in [3.8, 4) is 0 Å².